The van der Waals surface area contributed by atoms with E-state index in [9.17, 15) is 39.6 Å². The molecule has 1 unspecified atom stereocenters. The molecule has 2 atom stereocenters. The molecule has 2 N–H and O–H groups in total. The lowest BCUT2D eigenvalue weighted by Crippen LogP contribution is -2.31. The van der Waals surface area contributed by atoms with Gasteiger partial charge in [-0.25, -0.2) is 16.8 Å². The minimum absolute atomic E-state index is 0.0132. The maximum absolute atomic E-state index is 14.0. The molecule has 9 nitrogen and oxygen atoms in total. The predicted octanol–water partition coefficient (Wildman–Crippen LogP) is 5.98. The molecular weight excluding hydrogens is 657 g/mol. The van der Waals surface area contributed by atoms with Crippen LogP contribution in [0.25, 0.3) is 11.1 Å². The summed E-state index contributed by atoms with van der Waals surface area (Å²) in [5, 5.41) is 9.85. The number of nitrogens with zero attached hydrogens (tertiary/aromatic N) is 1. The van der Waals surface area contributed by atoms with Crippen LogP contribution in [0.4, 0.5) is 13.2 Å². The number of carbonyl (C=O) groups is 2. The molecule has 0 aliphatic rings. The van der Waals surface area contributed by atoms with E-state index in [2.05, 4.69) is 10.3 Å². The van der Waals surface area contributed by atoms with E-state index in [1.165, 1.54) is 6.07 Å². The maximum atomic E-state index is 14.0. The average Bonchev–Trinajstić information content (AvgIpc) is 3.01. The lowest BCUT2D eigenvalue weighted by Gasteiger charge is -2.26. The number of nitrogens with one attached hydrogen (secondary N) is 1. The molecule has 0 radical (unpaired) electrons. The molecule has 3 rings (SSSR count). The van der Waals surface area contributed by atoms with Crippen molar-refractivity contribution in [3.63, 3.8) is 0 Å². The fourth-order valence-corrected chi connectivity index (χ4v) is 8.90. The number of carbonyl (C=O) groups excluding carboxylic acids is 1. The van der Waals surface area contributed by atoms with Crippen LogP contribution in [0.1, 0.15) is 68.1 Å². The number of benzene rings is 2. The Balaban J connectivity index is 1.79. The number of aliphatic carboxylic acids is 1. The summed E-state index contributed by atoms with van der Waals surface area (Å²) < 4.78 is 94.2. The minimum atomic E-state index is -4.91. The van der Waals surface area contributed by atoms with Gasteiger partial charge in [0.2, 0.25) is 5.91 Å². The summed E-state index contributed by atoms with van der Waals surface area (Å²) >= 11 is 0. The number of alkyl halides is 3. The number of amides is 1. The van der Waals surface area contributed by atoms with Crippen molar-refractivity contribution in [1.82, 2.24) is 10.3 Å². The van der Waals surface area contributed by atoms with Gasteiger partial charge < -0.3 is 10.4 Å². The summed E-state index contributed by atoms with van der Waals surface area (Å²) in [6, 6.07) is 13.0. The number of carboxylic acid groups (broad SMARTS) is 1. The molecule has 1 heterocycles. The van der Waals surface area contributed by atoms with Crippen LogP contribution in [-0.2, 0) is 35.4 Å². The van der Waals surface area contributed by atoms with E-state index in [1.54, 1.807) is 37.5 Å². The first-order chi connectivity index (χ1) is 22.0. The first kappa shape index (κ1) is 37.7. The third-order valence-corrected chi connectivity index (χ3v) is 12.1. The number of pyridine rings is 1. The zero-order valence-electron chi connectivity index (χ0n) is 26.2. The van der Waals surface area contributed by atoms with Crippen LogP contribution in [-0.4, -0.2) is 62.1 Å². The lowest BCUT2D eigenvalue weighted by atomic mass is 9.91. The van der Waals surface area contributed by atoms with Crippen molar-refractivity contribution in [3.05, 3.63) is 83.7 Å². The van der Waals surface area contributed by atoms with Crippen molar-refractivity contribution in [2.24, 2.45) is 0 Å². The van der Waals surface area contributed by atoms with Crippen molar-refractivity contribution in [3.8, 4) is 11.1 Å². The number of aryl methyl sites for hydroxylation is 1. The van der Waals surface area contributed by atoms with Crippen LogP contribution >= 0.6 is 0 Å². The van der Waals surface area contributed by atoms with Crippen LogP contribution in [0.2, 0.25) is 0 Å². The van der Waals surface area contributed by atoms with E-state index in [0.29, 0.717) is 5.56 Å². The Labute approximate surface area is 273 Å². The van der Waals surface area contributed by atoms with Gasteiger partial charge in [0.05, 0.1) is 27.2 Å². The summed E-state index contributed by atoms with van der Waals surface area (Å²) in [6.07, 6.45) is -1.63. The summed E-state index contributed by atoms with van der Waals surface area (Å²) in [6.45, 7) is 3.33. The lowest BCUT2D eigenvalue weighted by molar-refractivity contribution is -0.140. The summed E-state index contributed by atoms with van der Waals surface area (Å²) in [4.78, 5) is 26.4. The highest BCUT2D eigenvalue weighted by Crippen LogP contribution is 2.39. The van der Waals surface area contributed by atoms with Crippen LogP contribution in [0, 0.1) is 6.92 Å². The SMILES string of the molecule is Cc1cnccc1-c1cccc([C@H](C)C(CCCC(=O)NCCS(=O)(=O)CCCCC(=O)O)S(=O)(=O)c2ccccc2C(F)(F)F)c1. The van der Waals surface area contributed by atoms with Gasteiger partial charge in [-0.3, -0.25) is 14.6 Å². The summed E-state index contributed by atoms with van der Waals surface area (Å²) in [7, 11) is -8.10. The molecule has 47 heavy (non-hydrogen) atoms. The van der Waals surface area contributed by atoms with Crippen molar-refractivity contribution in [2.75, 3.05) is 18.1 Å². The number of rotatable bonds is 17. The molecule has 256 valence electrons. The Morgan fingerprint density at radius 2 is 1.66 bits per heavy atom. The molecule has 1 amide bonds. The second kappa shape index (κ2) is 16.4. The number of unbranched alkanes of at least 4 members (excludes halogenated alkanes) is 1. The predicted molar refractivity (Wildman–Crippen MR) is 172 cm³/mol. The minimum Gasteiger partial charge on any atom is -0.481 e. The van der Waals surface area contributed by atoms with Gasteiger partial charge in [0, 0.05) is 31.8 Å². The normalized spacial score (nSPS) is 13.6. The Hall–Kier alpha value is -3.78. The fourth-order valence-electron chi connectivity index (χ4n) is 5.39. The van der Waals surface area contributed by atoms with Crippen LogP contribution in [0.5, 0.6) is 0 Å². The number of aromatic nitrogens is 1. The molecule has 0 fully saturated rings. The zero-order chi connectivity index (χ0) is 34.8. The number of sulfone groups is 2. The highest BCUT2D eigenvalue weighted by molar-refractivity contribution is 7.92. The highest BCUT2D eigenvalue weighted by Gasteiger charge is 2.41. The number of hydrogen-bond donors (Lipinski definition) is 2. The quantitative estimate of drug-likeness (QED) is 0.164. The van der Waals surface area contributed by atoms with E-state index in [-0.39, 0.29) is 56.6 Å². The molecule has 14 heteroatoms. The van der Waals surface area contributed by atoms with Gasteiger partial charge in [0.1, 0.15) is 0 Å². The third kappa shape index (κ3) is 10.9. The second-order valence-electron chi connectivity index (χ2n) is 11.4. The van der Waals surface area contributed by atoms with E-state index in [0.717, 1.165) is 34.9 Å². The highest BCUT2D eigenvalue weighted by atomic mass is 32.2. The molecule has 0 saturated carbocycles. The molecule has 0 aliphatic heterocycles. The van der Waals surface area contributed by atoms with Gasteiger partial charge in [-0.2, -0.15) is 13.2 Å². The first-order valence-corrected chi connectivity index (χ1v) is 18.5. The Kier molecular flexibility index (Phi) is 13.1. The van der Waals surface area contributed by atoms with E-state index in [1.807, 2.05) is 19.1 Å². The topological polar surface area (TPSA) is 148 Å². The van der Waals surface area contributed by atoms with E-state index in [4.69, 9.17) is 5.11 Å². The molecule has 0 spiro atoms. The standard InChI is InChI=1S/C33H39F3N2O7S2/c1-23-22-37-17-16-27(23)26-10-7-9-25(21-26)24(2)29(47(44,45)30-12-4-3-11-28(30)33(34,35)36)13-8-14-31(39)38-18-20-46(42,43)19-6-5-15-32(40)41/h3-4,7,9-12,16-17,21-22,24,29H,5-6,8,13-15,18-20H2,1-2H3,(H,38,39)(H,40,41)/t24-,29?/m0/s1. The summed E-state index contributed by atoms with van der Waals surface area (Å²) in [5.41, 5.74) is 1.87. The molecular formula is C33H39F3N2O7S2. The maximum Gasteiger partial charge on any atom is 0.417 e. The number of carboxylic acids is 1. The molecule has 3 aromatic rings. The average molecular weight is 697 g/mol. The molecule has 1 aromatic heterocycles. The zero-order valence-corrected chi connectivity index (χ0v) is 27.8. The second-order valence-corrected chi connectivity index (χ2v) is 15.9. The van der Waals surface area contributed by atoms with Gasteiger partial charge in [0.15, 0.2) is 19.7 Å². The summed E-state index contributed by atoms with van der Waals surface area (Å²) in [5.74, 6) is -2.87. The van der Waals surface area contributed by atoms with Crippen molar-refractivity contribution in [1.29, 1.82) is 0 Å². The Morgan fingerprint density at radius 1 is 0.936 bits per heavy atom. The van der Waals surface area contributed by atoms with Crippen LogP contribution in [0.15, 0.2) is 71.9 Å². The van der Waals surface area contributed by atoms with Gasteiger partial charge in [-0.05, 0) is 79.0 Å². The molecule has 0 saturated heterocycles. The number of hydrogen-bond acceptors (Lipinski definition) is 7. The van der Waals surface area contributed by atoms with E-state index < -0.39 is 59.4 Å². The van der Waals surface area contributed by atoms with Crippen LogP contribution in [0.3, 0.4) is 0 Å². The van der Waals surface area contributed by atoms with E-state index >= 15 is 0 Å². The van der Waals surface area contributed by atoms with Gasteiger partial charge in [0.25, 0.3) is 0 Å². The Morgan fingerprint density at radius 3 is 2.34 bits per heavy atom. The largest absolute Gasteiger partial charge is 0.481 e. The molecule has 2 aromatic carbocycles. The monoisotopic (exact) mass is 696 g/mol. The fraction of sp³-hybridized carbons (Fsp3) is 0.424. The van der Waals surface area contributed by atoms with Gasteiger partial charge in [-0.15, -0.1) is 0 Å². The van der Waals surface area contributed by atoms with Crippen molar-refractivity contribution >= 4 is 31.6 Å². The van der Waals surface area contributed by atoms with Crippen molar-refractivity contribution in [2.45, 2.75) is 74.6 Å². The van der Waals surface area contributed by atoms with Crippen LogP contribution < -0.4 is 5.32 Å². The van der Waals surface area contributed by atoms with Crippen molar-refractivity contribution < 1.29 is 44.7 Å². The third-order valence-electron chi connectivity index (χ3n) is 7.92. The Bertz CT molecular complexity index is 1760. The first-order valence-electron chi connectivity index (χ1n) is 15.1. The van der Waals surface area contributed by atoms with Gasteiger partial charge in [-0.1, -0.05) is 43.3 Å². The molecule has 0 aliphatic carbocycles. The molecule has 0 bridgehead atoms. The smallest absolute Gasteiger partial charge is 0.417 e. The number of halogens is 3. The van der Waals surface area contributed by atoms with Gasteiger partial charge >= 0.3 is 12.1 Å².